The van der Waals surface area contributed by atoms with Crippen molar-refractivity contribution in [1.82, 2.24) is 4.90 Å². The number of nitrogens with zero attached hydrogens (tertiary/aromatic N) is 1. The van der Waals surface area contributed by atoms with E-state index in [0.717, 1.165) is 17.7 Å². The van der Waals surface area contributed by atoms with E-state index in [4.69, 9.17) is 0 Å². The van der Waals surface area contributed by atoms with E-state index in [1.54, 1.807) is 34.9 Å². The van der Waals surface area contributed by atoms with E-state index in [1.165, 1.54) is 0 Å². The lowest BCUT2D eigenvalue weighted by Crippen LogP contribution is -2.38. The number of aryl methyl sites for hydroxylation is 1. The van der Waals surface area contributed by atoms with Crippen molar-refractivity contribution >= 4 is 17.7 Å². The molecule has 0 aliphatic heterocycles. The Morgan fingerprint density at radius 2 is 2.17 bits per heavy atom. The third kappa shape index (κ3) is 3.42. The van der Waals surface area contributed by atoms with Gasteiger partial charge in [-0.1, -0.05) is 6.92 Å². The average molecular weight is 267 g/mol. The van der Waals surface area contributed by atoms with E-state index >= 15 is 0 Å². The minimum absolute atomic E-state index is 0.0217. The largest absolute Gasteiger partial charge is 0.508 e. The third-order valence-electron chi connectivity index (χ3n) is 3.14. The predicted octanol–water partition coefficient (Wildman–Crippen LogP) is 2.91. The maximum Gasteiger partial charge on any atom is 0.254 e. The van der Waals surface area contributed by atoms with E-state index in [0.29, 0.717) is 5.56 Å². The van der Waals surface area contributed by atoms with Crippen molar-refractivity contribution in [2.45, 2.75) is 26.3 Å². The van der Waals surface area contributed by atoms with E-state index in [-0.39, 0.29) is 17.7 Å². The van der Waals surface area contributed by atoms with E-state index in [1.807, 2.05) is 20.2 Å². The molecule has 3 nitrogen and oxygen atoms in total. The van der Waals surface area contributed by atoms with Crippen LogP contribution in [0.25, 0.3) is 0 Å². The van der Waals surface area contributed by atoms with E-state index < -0.39 is 0 Å². The average Bonchev–Trinajstić information content (AvgIpc) is 2.34. The minimum Gasteiger partial charge on any atom is -0.508 e. The van der Waals surface area contributed by atoms with Crippen LogP contribution in [0.2, 0.25) is 0 Å². The molecule has 100 valence electrons. The third-order valence-corrected chi connectivity index (χ3v) is 3.86. The number of phenolic OH excluding ortho intramolecular Hbond substituents is 1. The predicted molar refractivity (Wildman–Crippen MR) is 77.4 cm³/mol. The van der Waals surface area contributed by atoms with Gasteiger partial charge in [0.1, 0.15) is 5.75 Å². The van der Waals surface area contributed by atoms with Gasteiger partial charge in [0, 0.05) is 24.4 Å². The van der Waals surface area contributed by atoms with Gasteiger partial charge in [0.25, 0.3) is 5.91 Å². The lowest BCUT2D eigenvalue weighted by atomic mass is 10.1. The van der Waals surface area contributed by atoms with Crippen LogP contribution in [0.5, 0.6) is 5.75 Å². The quantitative estimate of drug-likeness (QED) is 0.891. The second kappa shape index (κ2) is 6.69. The fraction of sp³-hybridized carbons (Fsp3) is 0.500. The molecule has 0 fully saturated rings. The van der Waals surface area contributed by atoms with Gasteiger partial charge in [0.05, 0.1) is 0 Å². The van der Waals surface area contributed by atoms with Crippen LogP contribution >= 0.6 is 11.8 Å². The van der Waals surface area contributed by atoms with Crippen LogP contribution in [0.15, 0.2) is 18.2 Å². The molecule has 0 aliphatic carbocycles. The van der Waals surface area contributed by atoms with E-state index in [2.05, 4.69) is 6.92 Å². The highest BCUT2D eigenvalue weighted by Crippen LogP contribution is 2.19. The van der Waals surface area contributed by atoms with Crippen molar-refractivity contribution in [3.05, 3.63) is 29.3 Å². The first-order valence-electron chi connectivity index (χ1n) is 6.07. The number of carbonyl (C=O) groups is 1. The highest BCUT2D eigenvalue weighted by molar-refractivity contribution is 7.98. The van der Waals surface area contributed by atoms with Crippen LogP contribution in [0, 0.1) is 6.92 Å². The Balaban J connectivity index is 2.91. The Morgan fingerprint density at radius 3 is 2.67 bits per heavy atom. The molecule has 1 N–H and O–H groups in total. The second-order valence-electron chi connectivity index (χ2n) is 4.43. The first-order valence-corrected chi connectivity index (χ1v) is 7.46. The van der Waals surface area contributed by atoms with Crippen LogP contribution < -0.4 is 0 Å². The Kier molecular flexibility index (Phi) is 5.54. The summed E-state index contributed by atoms with van der Waals surface area (Å²) in [4.78, 5) is 14.2. The number of thioether (sulfide) groups is 1. The number of hydrogen-bond donors (Lipinski definition) is 1. The Labute approximate surface area is 113 Å². The Hall–Kier alpha value is -1.16. The number of aromatic hydroxyl groups is 1. The molecule has 1 atom stereocenters. The summed E-state index contributed by atoms with van der Waals surface area (Å²) < 4.78 is 0. The topological polar surface area (TPSA) is 40.5 Å². The van der Waals surface area contributed by atoms with Gasteiger partial charge in [0.2, 0.25) is 0 Å². The van der Waals surface area contributed by atoms with Gasteiger partial charge < -0.3 is 10.0 Å². The fourth-order valence-corrected chi connectivity index (χ4v) is 2.78. The van der Waals surface area contributed by atoms with Gasteiger partial charge in [-0.25, -0.2) is 0 Å². The van der Waals surface area contributed by atoms with Crippen LogP contribution in [0.1, 0.15) is 29.3 Å². The molecule has 1 amide bonds. The first kappa shape index (κ1) is 14.9. The zero-order chi connectivity index (χ0) is 13.7. The zero-order valence-electron chi connectivity index (χ0n) is 11.4. The SMILES string of the molecule is CCC(CSC)N(C)C(=O)c1ccc(O)cc1C. The molecule has 0 heterocycles. The summed E-state index contributed by atoms with van der Waals surface area (Å²) in [6.07, 6.45) is 2.99. The van der Waals surface area contributed by atoms with E-state index in [9.17, 15) is 9.90 Å². The number of rotatable bonds is 5. The fourth-order valence-electron chi connectivity index (χ4n) is 1.94. The monoisotopic (exact) mass is 267 g/mol. The van der Waals surface area contributed by atoms with Crippen LogP contribution in [0.3, 0.4) is 0 Å². The van der Waals surface area contributed by atoms with Crippen molar-refractivity contribution in [1.29, 1.82) is 0 Å². The highest BCUT2D eigenvalue weighted by Gasteiger charge is 2.20. The summed E-state index contributed by atoms with van der Waals surface area (Å²) in [6.45, 7) is 3.94. The van der Waals surface area contributed by atoms with Crippen molar-refractivity contribution < 1.29 is 9.90 Å². The first-order chi connectivity index (χ1) is 8.51. The van der Waals surface area contributed by atoms with Gasteiger partial charge in [-0.3, -0.25) is 4.79 Å². The standard InChI is InChI=1S/C14H21NO2S/c1-5-11(9-18-4)15(3)14(17)13-7-6-12(16)8-10(13)2/h6-8,11,16H,5,9H2,1-4H3. The molecule has 0 spiro atoms. The molecular weight excluding hydrogens is 246 g/mol. The van der Waals surface area contributed by atoms with Gasteiger partial charge in [0.15, 0.2) is 0 Å². The molecule has 1 rings (SSSR count). The van der Waals surface area contributed by atoms with Crippen molar-refractivity contribution in [3.8, 4) is 5.75 Å². The summed E-state index contributed by atoms with van der Waals surface area (Å²) in [5.41, 5.74) is 1.47. The molecule has 1 aromatic carbocycles. The number of benzene rings is 1. The van der Waals surface area contributed by atoms with Crippen molar-refractivity contribution in [2.75, 3.05) is 19.1 Å². The summed E-state index contributed by atoms with van der Waals surface area (Å²) in [5, 5.41) is 9.37. The lowest BCUT2D eigenvalue weighted by molar-refractivity contribution is 0.0743. The number of hydrogen-bond acceptors (Lipinski definition) is 3. The molecule has 1 aromatic rings. The molecule has 1 unspecified atom stereocenters. The smallest absolute Gasteiger partial charge is 0.254 e. The Morgan fingerprint density at radius 1 is 1.50 bits per heavy atom. The Bertz CT molecular complexity index is 420. The van der Waals surface area contributed by atoms with Gasteiger partial charge in [-0.05, 0) is 43.4 Å². The minimum atomic E-state index is 0.0217. The normalized spacial score (nSPS) is 12.2. The van der Waals surface area contributed by atoms with Crippen LogP contribution in [0.4, 0.5) is 0 Å². The summed E-state index contributed by atoms with van der Waals surface area (Å²) in [7, 11) is 1.85. The molecule has 0 aliphatic rings. The summed E-state index contributed by atoms with van der Waals surface area (Å²) in [6, 6.07) is 5.12. The summed E-state index contributed by atoms with van der Waals surface area (Å²) >= 11 is 1.75. The van der Waals surface area contributed by atoms with Gasteiger partial charge >= 0.3 is 0 Å². The lowest BCUT2D eigenvalue weighted by Gasteiger charge is -2.27. The van der Waals surface area contributed by atoms with Crippen LogP contribution in [-0.2, 0) is 0 Å². The maximum absolute atomic E-state index is 12.4. The molecule has 4 heteroatoms. The number of phenols is 1. The van der Waals surface area contributed by atoms with Gasteiger partial charge in [-0.2, -0.15) is 11.8 Å². The molecule has 0 radical (unpaired) electrons. The van der Waals surface area contributed by atoms with Crippen molar-refractivity contribution in [2.24, 2.45) is 0 Å². The van der Waals surface area contributed by atoms with Crippen LogP contribution in [-0.4, -0.2) is 41.0 Å². The molecule has 0 aromatic heterocycles. The zero-order valence-corrected chi connectivity index (χ0v) is 12.3. The maximum atomic E-state index is 12.4. The molecule has 0 saturated carbocycles. The molecule has 0 bridgehead atoms. The van der Waals surface area contributed by atoms with Crippen molar-refractivity contribution in [3.63, 3.8) is 0 Å². The number of carbonyl (C=O) groups excluding carboxylic acids is 1. The highest BCUT2D eigenvalue weighted by atomic mass is 32.2. The second-order valence-corrected chi connectivity index (χ2v) is 5.34. The molecular formula is C14H21NO2S. The molecule has 18 heavy (non-hydrogen) atoms. The van der Waals surface area contributed by atoms with Gasteiger partial charge in [-0.15, -0.1) is 0 Å². The molecule has 0 saturated heterocycles. The number of amides is 1. The summed E-state index contributed by atoms with van der Waals surface area (Å²) in [5.74, 6) is 1.16.